The second-order valence-corrected chi connectivity index (χ2v) is 3.44. The smallest absolute Gasteiger partial charge is 0.116 e. The number of phenolic OH excluding ortho intramolecular Hbond substituents is 1. The molecule has 0 radical (unpaired) electrons. The molecule has 1 aromatic heterocycles. The first kappa shape index (κ1) is 8.31. The van der Waals surface area contributed by atoms with Crippen LogP contribution in [-0.2, 0) is 0 Å². The van der Waals surface area contributed by atoms with Crippen LogP contribution in [0.4, 0.5) is 0 Å². The number of nitrogens with zero attached hydrogens (tertiary/aromatic N) is 2. The van der Waals surface area contributed by atoms with Crippen LogP contribution in [0, 0.1) is 0 Å². The number of aromatic hydroxyl groups is 1. The Hall–Kier alpha value is -1.29. The summed E-state index contributed by atoms with van der Waals surface area (Å²) in [5.74, 6) is 0.239. The van der Waals surface area contributed by atoms with E-state index in [9.17, 15) is 5.11 Å². The molecule has 1 aromatic carbocycles. The zero-order valence-corrected chi connectivity index (χ0v) is 8.27. The van der Waals surface area contributed by atoms with E-state index in [0.29, 0.717) is 0 Å². The molecule has 0 fully saturated rings. The largest absolute Gasteiger partial charge is 0.508 e. The van der Waals surface area contributed by atoms with E-state index in [0.717, 1.165) is 10.2 Å². The minimum absolute atomic E-state index is 0.239. The van der Waals surface area contributed by atoms with Crippen LogP contribution in [0.2, 0.25) is 0 Å². The molecule has 0 spiro atoms. The number of halogens is 1. The van der Waals surface area contributed by atoms with Gasteiger partial charge in [0.2, 0.25) is 0 Å². The highest BCUT2D eigenvalue weighted by Gasteiger charge is 2.02. The molecular formula is C9H7BrN2O. The maximum Gasteiger partial charge on any atom is 0.116 e. The molecule has 0 atom stereocenters. The monoisotopic (exact) mass is 238 g/mol. The van der Waals surface area contributed by atoms with Gasteiger partial charge < -0.3 is 5.11 Å². The lowest BCUT2D eigenvalue weighted by atomic mass is 10.3. The third kappa shape index (κ3) is 1.58. The van der Waals surface area contributed by atoms with Crippen LogP contribution < -0.4 is 0 Å². The average molecular weight is 239 g/mol. The van der Waals surface area contributed by atoms with Crippen molar-refractivity contribution < 1.29 is 5.11 Å². The van der Waals surface area contributed by atoms with Gasteiger partial charge in [-0.1, -0.05) is 0 Å². The van der Waals surface area contributed by atoms with Gasteiger partial charge in [0.05, 0.1) is 5.69 Å². The van der Waals surface area contributed by atoms with E-state index in [-0.39, 0.29) is 5.75 Å². The van der Waals surface area contributed by atoms with Gasteiger partial charge in [-0.25, -0.2) is 4.68 Å². The first-order valence-corrected chi connectivity index (χ1v) is 4.55. The van der Waals surface area contributed by atoms with Crippen molar-refractivity contribution in [3.8, 4) is 11.4 Å². The Morgan fingerprint density at radius 2 is 2.23 bits per heavy atom. The lowest BCUT2D eigenvalue weighted by Crippen LogP contribution is -1.94. The van der Waals surface area contributed by atoms with E-state index in [1.54, 1.807) is 29.1 Å². The normalized spacial score (nSPS) is 10.2. The topological polar surface area (TPSA) is 38.0 Å². The van der Waals surface area contributed by atoms with Gasteiger partial charge in [-0.3, -0.25) is 0 Å². The van der Waals surface area contributed by atoms with Crippen molar-refractivity contribution >= 4 is 15.9 Å². The molecule has 0 saturated carbocycles. The van der Waals surface area contributed by atoms with Crippen LogP contribution in [0.1, 0.15) is 0 Å². The van der Waals surface area contributed by atoms with Crippen molar-refractivity contribution in [2.24, 2.45) is 0 Å². The standard InChI is InChI=1S/C9H7BrN2O/c10-8-6-7(13)2-3-9(8)12-5-1-4-11-12/h1-6,13H. The van der Waals surface area contributed by atoms with Crippen LogP contribution in [0.5, 0.6) is 5.75 Å². The average Bonchev–Trinajstić information content (AvgIpc) is 2.56. The van der Waals surface area contributed by atoms with Gasteiger partial charge in [-0.2, -0.15) is 5.10 Å². The highest BCUT2D eigenvalue weighted by atomic mass is 79.9. The molecule has 1 N–H and O–H groups in total. The molecule has 4 heteroatoms. The third-order valence-corrected chi connectivity index (χ3v) is 2.32. The third-order valence-electron chi connectivity index (χ3n) is 1.68. The highest BCUT2D eigenvalue weighted by Crippen LogP contribution is 2.24. The SMILES string of the molecule is Oc1ccc(-n2cccn2)c(Br)c1. The predicted octanol–water partition coefficient (Wildman–Crippen LogP) is 2.34. The number of benzene rings is 1. The summed E-state index contributed by atoms with van der Waals surface area (Å²) in [5.41, 5.74) is 0.905. The van der Waals surface area contributed by atoms with Crippen LogP contribution in [0.15, 0.2) is 41.1 Å². The summed E-state index contributed by atoms with van der Waals surface area (Å²) in [4.78, 5) is 0. The van der Waals surface area contributed by atoms with Gasteiger partial charge in [-0.05, 0) is 40.2 Å². The van der Waals surface area contributed by atoms with Crippen LogP contribution in [-0.4, -0.2) is 14.9 Å². The quantitative estimate of drug-likeness (QED) is 0.829. The van der Waals surface area contributed by atoms with Crippen molar-refractivity contribution in [1.82, 2.24) is 9.78 Å². The lowest BCUT2D eigenvalue weighted by Gasteiger charge is -2.03. The molecule has 3 nitrogen and oxygen atoms in total. The molecule has 2 aromatic rings. The van der Waals surface area contributed by atoms with E-state index in [1.807, 2.05) is 12.3 Å². The van der Waals surface area contributed by atoms with Gasteiger partial charge in [0.15, 0.2) is 0 Å². The zero-order chi connectivity index (χ0) is 9.26. The Kier molecular flexibility index (Phi) is 2.06. The number of rotatable bonds is 1. The maximum atomic E-state index is 9.18. The van der Waals surface area contributed by atoms with E-state index < -0.39 is 0 Å². The summed E-state index contributed by atoms with van der Waals surface area (Å²) >= 11 is 3.35. The van der Waals surface area contributed by atoms with Crippen molar-refractivity contribution in [2.45, 2.75) is 0 Å². The van der Waals surface area contributed by atoms with E-state index in [2.05, 4.69) is 21.0 Å². The van der Waals surface area contributed by atoms with Crippen LogP contribution in [0.25, 0.3) is 5.69 Å². The Labute approximate surface area is 83.8 Å². The van der Waals surface area contributed by atoms with Crippen LogP contribution in [0.3, 0.4) is 0 Å². The molecule has 2 rings (SSSR count). The maximum absolute atomic E-state index is 9.18. The Morgan fingerprint density at radius 3 is 2.85 bits per heavy atom. The van der Waals surface area contributed by atoms with Crippen molar-refractivity contribution in [3.63, 3.8) is 0 Å². The molecule has 1 heterocycles. The van der Waals surface area contributed by atoms with Gasteiger partial charge in [0.1, 0.15) is 5.75 Å². The summed E-state index contributed by atoms with van der Waals surface area (Å²) < 4.78 is 2.54. The van der Waals surface area contributed by atoms with Crippen molar-refractivity contribution in [3.05, 3.63) is 41.1 Å². The highest BCUT2D eigenvalue weighted by molar-refractivity contribution is 9.10. The Morgan fingerprint density at radius 1 is 1.38 bits per heavy atom. The van der Waals surface area contributed by atoms with Crippen molar-refractivity contribution in [1.29, 1.82) is 0 Å². The Balaban J connectivity index is 2.53. The van der Waals surface area contributed by atoms with Gasteiger partial charge >= 0.3 is 0 Å². The predicted molar refractivity (Wildman–Crippen MR) is 52.9 cm³/mol. The molecule has 0 unspecified atom stereocenters. The van der Waals surface area contributed by atoms with E-state index in [1.165, 1.54) is 0 Å². The second-order valence-electron chi connectivity index (χ2n) is 2.59. The number of phenols is 1. The molecule has 0 bridgehead atoms. The minimum Gasteiger partial charge on any atom is -0.508 e. The first-order valence-electron chi connectivity index (χ1n) is 3.76. The number of hydrogen-bond donors (Lipinski definition) is 1. The van der Waals surface area contributed by atoms with Crippen LogP contribution >= 0.6 is 15.9 Å². The molecule has 0 aliphatic rings. The summed E-state index contributed by atoms with van der Waals surface area (Å²) in [6.45, 7) is 0. The van der Waals surface area contributed by atoms with E-state index in [4.69, 9.17) is 0 Å². The second kappa shape index (κ2) is 3.22. The summed E-state index contributed by atoms with van der Waals surface area (Å²) in [7, 11) is 0. The number of hydrogen-bond acceptors (Lipinski definition) is 2. The van der Waals surface area contributed by atoms with E-state index >= 15 is 0 Å². The molecule has 66 valence electrons. The van der Waals surface area contributed by atoms with Crippen molar-refractivity contribution in [2.75, 3.05) is 0 Å². The van der Waals surface area contributed by atoms with Gasteiger partial charge in [0.25, 0.3) is 0 Å². The molecule has 0 aliphatic carbocycles. The summed E-state index contributed by atoms with van der Waals surface area (Å²) in [6.07, 6.45) is 3.55. The number of aromatic nitrogens is 2. The molecule has 13 heavy (non-hydrogen) atoms. The minimum atomic E-state index is 0.239. The molecular weight excluding hydrogens is 232 g/mol. The molecule has 0 aliphatic heterocycles. The fourth-order valence-corrected chi connectivity index (χ4v) is 1.64. The molecule has 0 saturated heterocycles. The lowest BCUT2D eigenvalue weighted by molar-refractivity contribution is 0.475. The molecule has 0 amide bonds. The Bertz CT molecular complexity index is 412. The fraction of sp³-hybridized carbons (Fsp3) is 0. The fourth-order valence-electron chi connectivity index (χ4n) is 1.09. The zero-order valence-electron chi connectivity index (χ0n) is 6.68. The van der Waals surface area contributed by atoms with Gasteiger partial charge in [-0.15, -0.1) is 0 Å². The summed E-state index contributed by atoms with van der Waals surface area (Å²) in [5, 5.41) is 13.3. The summed E-state index contributed by atoms with van der Waals surface area (Å²) in [6, 6.07) is 6.91. The van der Waals surface area contributed by atoms with Gasteiger partial charge in [0, 0.05) is 16.9 Å². The first-order chi connectivity index (χ1) is 6.27.